The molecule has 1 heterocycles. The Labute approximate surface area is 127 Å². The summed E-state index contributed by atoms with van der Waals surface area (Å²) in [6.45, 7) is 0.595. The van der Waals surface area contributed by atoms with E-state index in [-0.39, 0.29) is 12.6 Å². The smallest absolute Gasteiger partial charge is 0.169 e. The molecule has 0 aromatic heterocycles. The first kappa shape index (κ1) is 14.1. The van der Waals surface area contributed by atoms with E-state index in [4.69, 9.17) is 19.7 Å². The van der Waals surface area contributed by atoms with E-state index in [9.17, 15) is 0 Å². The van der Waals surface area contributed by atoms with Crippen LogP contribution in [-0.4, -0.2) is 26.4 Å². The van der Waals surface area contributed by atoms with E-state index in [0.29, 0.717) is 18.1 Å². The third kappa shape index (κ3) is 2.64. The van der Waals surface area contributed by atoms with Crippen LogP contribution in [0.3, 0.4) is 0 Å². The van der Waals surface area contributed by atoms with Crippen molar-refractivity contribution in [3.8, 4) is 28.4 Å². The van der Waals surface area contributed by atoms with Crippen molar-refractivity contribution in [3.63, 3.8) is 0 Å². The van der Waals surface area contributed by atoms with Crippen LogP contribution >= 0.6 is 0 Å². The standard InChI is InChI=1S/C16H15N3O3/c1-20-14-7-3-2-5-12(14)13-6-4-8-15-16(13)22-11(10-21-15)9-18-19-17/h2-8,11H,9-10H2,1H3. The van der Waals surface area contributed by atoms with E-state index in [0.717, 1.165) is 16.9 Å². The summed E-state index contributed by atoms with van der Waals surface area (Å²) < 4.78 is 17.1. The van der Waals surface area contributed by atoms with E-state index in [2.05, 4.69) is 10.0 Å². The molecule has 0 bridgehead atoms. The van der Waals surface area contributed by atoms with E-state index in [1.807, 2.05) is 42.5 Å². The van der Waals surface area contributed by atoms with Gasteiger partial charge in [0.15, 0.2) is 11.5 Å². The van der Waals surface area contributed by atoms with Gasteiger partial charge in [0.1, 0.15) is 18.5 Å². The van der Waals surface area contributed by atoms with Gasteiger partial charge in [0.25, 0.3) is 0 Å². The first-order valence-electron chi connectivity index (χ1n) is 6.90. The van der Waals surface area contributed by atoms with E-state index >= 15 is 0 Å². The molecule has 0 radical (unpaired) electrons. The number of nitrogens with zero attached hydrogens (tertiary/aromatic N) is 3. The molecular formula is C16H15N3O3. The van der Waals surface area contributed by atoms with Crippen LogP contribution in [0, 0.1) is 0 Å². The highest BCUT2D eigenvalue weighted by atomic mass is 16.6. The molecule has 22 heavy (non-hydrogen) atoms. The second kappa shape index (κ2) is 6.28. The van der Waals surface area contributed by atoms with Crippen molar-refractivity contribution in [2.24, 2.45) is 5.11 Å². The quantitative estimate of drug-likeness (QED) is 0.489. The first-order chi connectivity index (χ1) is 10.8. The third-order valence-corrected chi connectivity index (χ3v) is 3.43. The molecule has 112 valence electrons. The molecule has 1 aliphatic rings. The molecule has 2 aromatic rings. The summed E-state index contributed by atoms with van der Waals surface area (Å²) in [5, 5.41) is 3.56. The summed E-state index contributed by atoms with van der Waals surface area (Å²) in [5.74, 6) is 2.09. The maximum Gasteiger partial charge on any atom is 0.169 e. The summed E-state index contributed by atoms with van der Waals surface area (Å²) in [7, 11) is 1.63. The molecule has 1 atom stereocenters. The minimum Gasteiger partial charge on any atom is -0.496 e. The topological polar surface area (TPSA) is 76.5 Å². The summed E-state index contributed by atoms with van der Waals surface area (Å²) in [5.41, 5.74) is 10.3. The van der Waals surface area contributed by atoms with Crippen LogP contribution in [0.15, 0.2) is 47.6 Å². The van der Waals surface area contributed by atoms with Gasteiger partial charge in [0.2, 0.25) is 0 Å². The van der Waals surface area contributed by atoms with Crippen LogP contribution in [0.4, 0.5) is 0 Å². The van der Waals surface area contributed by atoms with Crippen molar-refractivity contribution in [2.75, 3.05) is 20.3 Å². The van der Waals surface area contributed by atoms with Crippen LogP contribution in [0.1, 0.15) is 0 Å². The zero-order valence-corrected chi connectivity index (χ0v) is 12.1. The molecule has 0 fully saturated rings. The monoisotopic (exact) mass is 297 g/mol. The van der Waals surface area contributed by atoms with Crippen molar-refractivity contribution in [3.05, 3.63) is 52.9 Å². The zero-order valence-electron chi connectivity index (χ0n) is 12.1. The predicted molar refractivity (Wildman–Crippen MR) is 82.4 cm³/mol. The molecule has 0 amide bonds. The normalized spacial score (nSPS) is 15.8. The first-order valence-corrected chi connectivity index (χ1v) is 6.90. The fourth-order valence-corrected chi connectivity index (χ4v) is 2.43. The van der Waals surface area contributed by atoms with Gasteiger partial charge >= 0.3 is 0 Å². The lowest BCUT2D eigenvalue weighted by Gasteiger charge is -2.27. The molecule has 0 saturated heterocycles. The Morgan fingerprint density at radius 3 is 2.86 bits per heavy atom. The van der Waals surface area contributed by atoms with Crippen molar-refractivity contribution in [2.45, 2.75) is 6.10 Å². The van der Waals surface area contributed by atoms with Gasteiger partial charge in [-0.05, 0) is 17.7 Å². The lowest BCUT2D eigenvalue weighted by Crippen LogP contribution is -2.31. The van der Waals surface area contributed by atoms with Gasteiger partial charge in [0.05, 0.1) is 13.7 Å². The highest BCUT2D eigenvalue weighted by Crippen LogP contribution is 2.43. The molecule has 0 saturated carbocycles. The number of fused-ring (bicyclic) bond motifs is 1. The second-order valence-corrected chi connectivity index (χ2v) is 4.80. The van der Waals surface area contributed by atoms with E-state index < -0.39 is 0 Å². The van der Waals surface area contributed by atoms with Gasteiger partial charge in [-0.1, -0.05) is 35.4 Å². The Balaban J connectivity index is 2.02. The Hall–Kier alpha value is -2.85. The molecule has 6 nitrogen and oxygen atoms in total. The summed E-state index contributed by atoms with van der Waals surface area (Å²) >= 11 is 0. The number of rotatable bonds is 4. The molecule has 0 N–H and O–H groups in total. The number of azide groups is 1. The lowest BCUT2D eigenvalue weighted by molar-refractivity contribution is 0.0976. The molecule has 6 heteroatoms. The van der Waals surface area contributed by atoms with Crippen LogP contribution in [0.5, 0.6) is 17.2 Å². The van der Waals surface area contributed by atoms with Gasteiger partial charge in [0, 0.05) is 16.0 Å². The molecule has 2 aromatic carbocycles. The molecule has 1 aliphatic heterocycles. The minimum absolute atomic E-state index is 0.232. The van der Waals surface area contributed by atoms with Crippen LogP contribution in [-0.2, 0) is 0 Å². The minimum atomic E-state index is -0.292. The highest BCUT2D eigenvalue weighted by molar-refractivity contribution is 5.78. The fourth-order valence-electron chi connectivity index (χ4n) is 2.43. The Morgan fingerprint density at radius 2 is 2.05 bits per heavy atom. The molecule has 0 aliphatic carbocycles. The third-order valence-electron chi connectivity index (χ3n) is 3.43. The van der Waals surface area contributed by atoms with Crippen LogP contribution in [0.2, 0.25) is 0 Å². The highest BCUT2D eigenvalue weighted by Gasteiger charge is 2.24. The fraction of sp³-hybridized carbons (Fsp3) is 0.250. The maximum atomic E-state index is 8.44. The number of ether oxygens (including phenoxy) is 3. The SMILES string of the molecule is COc1ccccc1-c1cccc2c1OC(CN=[N+]=[N-])CO2. The van der Waals surface area contributed by atoms with Crippen molar-refractivity contribution >= 4 is 0 Å². The van der Waals surface area contributed by atoms with Crippen LogP contribution < -0.4 is 14.2 Å². The number of hydrogen-bond acceptors (Lipinski definition) is 4. The van der Waals surface area contributed by atoms with Gasteiger partial charge < -0.3 is 14.2 Å². The van der Waals surface area contributed by atoms with Gasteiger partial charge in [-0.25, -0.2) is 0 Å². The van der Waals surface area contributed by atoms with E-state index in [1.54, 1.807) is 7.11 Å². The average molecular weight is 297 g/mol. The Morgan fingerprint density at radius 1 is 1.23 bits per heavy atom. The summed E-state index contributed by atoms with van der Waals surface area (Å²) in [4.78, 5) is 2.76. The Bertz CT molecular complexity index is 726. The van der Waals surface area contributed by atoms with E-state index in [1.165, 1.54) is 0 Å². The van der Waals surface area contributed by atoms with Crippen molar-refractivity contribution in [1.29, 1.82) is 0 Å². The molecular weight excluding hydrogens is 282 g/mol. The molecule has 3 rings (SSSR count). The second-order valence-electron chi connectivity index (χ2n) is 4.80. The average Bonchev–Trinajstić information content (AvgIpc) is 2.59. The largest absolute Gasteiger partial charge is 0.496 e. The maximum absolute atomic E-state index is 8.44. The lowest BCUT2D eigenvalue weighted by atomic mass is 10.0. The molecule has 1 unspecified atom stereocenters. The van der Waals surface area contributed by atoms with Gasteiger partial charge in [-0.3, -0.25) is 0 Å². The number of para-hydroxylation sites is 2. The number of benzene rings is 2. The zero-order chi connectivity index (χ0) is 15.4. The Kier molecular flexibility index (Phi) is 4.03. The van der Waals surface area contributed by atoms with Gasteiger partial charge in [-0.15, -0.1) is 0 Å². The summed E-state index contributed by atoms with van der Waals surface area (Å²) in [6, 6.07) is 13.5. The number of methoxy groups -OCH3 is 1. The van der Waals surface area contributed by atoms with Crippen LogP contribution in [0.25, 0.3) is 21.6 Å². The summed E-state index contributed by atoms with van der Waals surface area (Å²) in [6.07, 6.45) is -0.292. The van der Waals surface area contributed by atoms with Crippen molar-refractivity contribution in [1.82, 2.24) is 0 Å². The van der Waals surface area contributed by atoms with Gasteiger partial charge in [-0.2, -0.15) is 0 Å². The van der Waals surface area contributed by atoms with Crippen molar-refractivity contribution < 1.29 is 14.2 Å². The molecule has 0 spiro atoms. The number of hydrogen-bond donors (Lipinski definition) is 0. The predicted octanol–water partition coefficient (Wildman–Crippen LogP) is 3.81.